The quantitative estimate of drug-likeness (QED) is 0.915. The van der Waals surface area contributed by atoms with E-state index >= 15 is 0 Å². The number of aromatic nitrogens is 2. The van der Waals surface area contributed by atoms with Gasteiger partial charge in [0.15, 0.2) is 0 Å². The number of carbonyl (C=O) groups is 1. The first kappa shape index (κ1) is 17.2. The van der Waals surface area contributed by atoms with Gasteiger partial charge in [-0.3, -0.25) is 4.79 Å². The maximum atomic E-state index is 13.5. The van der Waals surface area contributed by atoms with Crippen molar-refractivity contribution in [3.63, 3.8) is 0 Å². The van der Waals surface area contributed by atoms with Gasteiger partial charge in [-0.05, 0) is 51.3 Å². The van der Waals surface area contributed by atoms with E-state index in [-0.39, 0.29) is 17.8 Å². The first-order valence-electron chi connectivity index (χ1n) is 7.95. The van der Waals surface area contributed by atoms with E-state index in [9.17, 15) is 9.18 Å². The molecule has 1 heterocycles. The van der Waals surface area contributed by atoms with Crippen LogP contribution in [0.15, 0.2) is 24.3 Å². The number of rotatable bonds is 5. The van der Waals surface area contributed by atoms with Gasteiger partial charge in [-0.25, -0.2) is 9.07 Å². The molecule has 0 saturated heterocycles. The molecule has 1 amide bonds. The van der Waals surface area contributed by atoms with Crippen molar-refractivity contribution in [2.75, 3.05) is 0 Å². The highest BCUT2D eigenvalue weighted by atomic mass is 19.1. The fourth-order valence-electron chi connectivity index (χ4n) is 2.58. The standard InChI is InChI=1S/C18H24FN3O/c1-11(2)9-16-17(18(23)20-12(3)4)13(5)22(21-16)15-8-6-7-14(19)10-15/h6-8,10-12H,9H2,1-5H3,(H,20,23). The summed E-state index contributed by atoms with van der Waals surface area (Å²) >= 11 is 0. The molecule has 0 fully saturated rings. The molecule has 0 atom stereocenters. The van der Waals surface area contributed by atoms with E-state index in [2.05, 4.69) is 24.3 Å². The monoisotopic (exact) mass is 317 g/mol. The predicted molar refractivity (Wildman–Crippen MR) is 89.4 cm³/mol. The van der Waals surface area contributed by atoms with Gasteiger partial charge in [0.2, 0.25) is 0 Å². The summed E-state index contributed by atoms with van der Waals surface area (Å²) in [6.45, 7) is 9.86. The second-order valence-corrected chi connectivity index (χ2v) is 6.52. The predicted octanol–water partition coefficient (Wildman–Crippen LogP) is 3.66. The van der Waals surface area contributed by atoms with Crippen LogP contribution in [0.25, 0.3) is 5.69 Å². The molecule has 0 aliphatic carbocycles. The normalized spacial score (nSPS) is 11.3. The van der Waals surface area contributed by atoms with Crippen molar-refractivity contribution in [2.45, 2.75) is 47.1 Å². The molecule has 0 saturated carbocycles. The van der Waals surface area contributed by atoms with Crippen molar-refractivity contribution in [1.82, 2.24) is 15.1 Å². The minimum atomic E-state index is -0.323. The second kappa shape index (κ2) is 6.94. The molecule has 1 N–H and O–H groups in total. The first-order valence-corrected chi connectivity index (χ1v) is 7.95. The van der Waals surface area contributed by atoms with Gasteiger partial charge in [0.1, 0.15) is 5.82 Å². The topological polar surface area (TPSA) is 46.9 Å². The average molecular weight is 317 g/mol. The minimum absolute atomic E-state index is 0.0475. The van der Waals surface area contributed by atoms with Crippen molar-refractivity contribution in [1.29, 1.82) is 0 Å². The number of amides is 1. The zero-order chi connectivity index (χ0) is 17.1. The van der Waals surface area contributed by atoms with Gasteiger partial charge < -0.3 is 5.32 Å². The van der Waals surface area contributed by atoms with Gasteiger partial charge in [0.05, 0.1) is 22.6 Å². The lowest BCUT2D eigenvalue weighted by molar-refractivity contribution is 0.0941. The highest BCUT2D eigenvalue weighted by molar-refractivity contribution is 5.96. The molecule has 2 rings (SSSR count). The van der Waals surface area contributed by atoms with Crippen molar-refractivity contribution in [3.8, 4) is 5.69 Å². The fraction of sp³-hybridized carbons (Fsp3) is 0.444. The van der Waals surface area contributed by atoms with Gasteiger partial charge in [-0.1, -0.05) is 19.9 Å². The second-order valence-electron chi connectivity index (χ2n) is 6.52. The summed E-state index contributed by atoms with van der Waals surface area (Å²) in [5, 5.41) is 7.50. The molecule has 0 spiro atoms. The first-order chi connectivity index (χ1) is 10.8. The highest BCUT2D eigenvalue weighted by Gasteiger charge is 2.23. The Kier molecular flexibility index (Phi) is 5.19. The lowest BCUT2D eigenvalue weighted by Gasteiger charge is -2.10. The van der Waals surface area contributed by atoms with E-state index < -0.39 is 0 Å². The molecular weight excluding hydrogens is 293 g/mol. The molecule has 5 heteroatoms. The number of nitrogens with zero attached hydrogens (tertiary/aromatic N) is 2. The molecule has 0 unspecified atom stereocenters. The summed E-state index contributed by atoms with van der Waals surface area (Å²) in [7, 11) is 0. The Morgan fingerprint density at radius 1 is 1.30 bits per heavy atom. The average Bonchev–Trinajstić information content (AvgIpc) is 2.74. The van der Waals surface area contributed by atoms with Gasteiger partial charge in [-0.2, -0.15) is 5.10 Å². The van der Waals surface area contributed by atoms with E-state index in [1.165, 1.54) is 12.1 Å². The summed E-state index contributed by atoms with van der Waals surface area (Å²) in [6, 6.07) is 6.28. The van der Waals surface area contributed by atoms with Crippen molar-refractivity contribution < 1.29 is 9.18 Å². The number of nitrogens with one attached hydrogen (secondary N) is 1. The van der Waals surface area contributed by atoms with Gasteiger partial charge in [-0.15, -0.1) is 0 Å². The smallest absolute Gasteiger partial charge is 0.255 e. The molecule has 1 aromatic heterocycles. The number of hydrogen-bond donors (Lipinski definition) is 1. The van der Waals surface area contributed by atoms with Gasteiger partial charge in [0, 0.05) is 6.04 Å². The Bertz CT molecular complexity index is 704. The van der Waals surface area contributed by atoms with E-state index in [0.717, 1.165) is 11.4 Å². The minimum Gasteiger partial charge on any atom is -0.350 e. The largest absolute Gasteiger partial charge is 0.350 e. The Morgan fingerprint density at radius 2 is 2.00 bits per heavy atom. The maximum absolute atomic E-state index is 13.5. The lowest BCUT2D eigenvalue weighted by Crippen LogP contribution is -2.31. The molecule has 0 aliphatic rings. The Morgan fingerprint density at radius 3 is 2.57 bits per heavy atom. The van der Waals surface area contributed by atoms with E-state index in [0.29, 0.717) is 23.6 Å². The molecule has 0 bridgehead atoms. The molecule has 23 heavy (non-hydrogen) atoms. The highest BCUT2D eigenvalue weighted by Crippen LogP contribution is 2.21. The van der Waals surface area contributed by atoms with Crippen LogP contribution in [0.2, 0.25) is 0 Å². The third-order valence-electron chi connectivity index (χ3n) is 3.49. The van der Waals surface area contributed by atoms with Crippen LogP contribution >= 0.6 is 0 Å². The van der Waals surface area contributed by atoms with Crippen LogP contribution in [0.5, 0.6) is 0 Å². The van der Waals surface area contributed by atoms with Gasteiger partial charge in [0.25, 0.3) is 5.91 Å². The number of halogens is 1. The molecule has 0 radical (unpaired) electrons. The van der Waals surface area contributed by atoms with E-state index in [4.69, 9.17) is 0 Å². The van der Waals surface area contributed by atoms with Gasteiger partial charge >= 0.3 is 0 Å². The van der Waals surface area contributed by atoms with Crippen LogP contribution in [-0.2, 0) is 6.42 Å². The molecule has 0 aliphatic heterocycles. The summed E-state index contributed by atoms with van der Waals surface area (Å²) in [4.78, 5) is 12.6. The fourth-order valence-corrected chi connectivity index (χ4v) is 2.58. The SMILES string of the molecule is Cc1c(C(=O)NC(C)C)c(CC(C)C)nn1-c1cccc(F)c1. The molecule has 1 aromatic carbocycles. The molecule has 2 aromatic rings. The maximum Gasteiger partial charge on any atom is 0.255 e. The van der Waals surface area contributed by atoms with Crippen LogP contribution in [0.4, 0.5) is 4.39 Å². The third-order valence-corrected chi connectivity index (χ3v) is 3.49. The van der Waals surface area contributed by atoms with Crippen LogP contribution < -0.4 is 5.32 Å². The summed E-state index contributed by atoms with van der Waals surface area (Å²) in [5.41, 5.74) is 2.69. The molecule has 124 valence electrons. The van der Waals surface area contributed by atoms with Crippen molar-refractivity contribution >= 4 is 5.91 Å². The Hall–Kier alpha value is -2.17. The van der Waals surface area contributed by atoms with Crippen molar-refractivity contribution in [3.05, 3.63) is 47.0 Å². The van der Waals surface area contributed by atoms with Crippen LogP contribution in [0, 0.1) is 18.7 Å². The van der Waals surface area contributed by atoms with E-state index in [1.54, 1.807) is 16.8 Å². The zero-order valence-corrected chi connectivity index (χ0v) is 14.4. The molecular formula is C18H24FN3O. The number of benzene rings is 1. The van der Waals surface area contributed by atoms with Crippen LogP contribution in [-0.4, -0.2) is 21.7 Å². The summed E-state index contributed by atoms with van der Waals surface area (Å²) < 4.78 is 15.2. The Labute approximate surface area is 136 Å². The van der Waals surface area contributed by atoms with Crippen LogP contribution in [0.1, 0.15) is 49.4 Å². The van der Waals surface area contributed by atoms with Crippen molar-refractivity contribution in [2.24, 2.45) is 5.92 Å². The molecule has 4 nitrogen and oxygen atoms in total. The summed E-state index contributed by atoms with van der Waals surface area (Å²) in [5.74, 6) is -0.0809. The van der Waals surface area contributed by atoms with Crippen LogP contribution in [0.3, 0.4) is 0 Å². The summed E-state index contributed by atoms with van der Waals surface area (Å²) in [6.07, 6.45) is 0.698. The number of carbonyl (C=O) groups excluding carboxylic acids is 1. The third kappa shape index (κ3) is 3.97. The Balaban J connectivity index is 2.53. The zero-order valence-electron chi connectivity index (χ0n) is 14.4. The number of hydrogen-bond acceptors (Lipinski definition) is 2. The lowest BCUT2D eigenvalue weighted by atomic mass is 10.0. The van der Waals surface area contributed by atoms with E-state index in [1.807, 2.05) is 20.8 Å².